The van der Waals surface area contributed by atoms with Crippen LogP contribution in [0.3, 0.4) is 0 Å². The Labute approximate surface area is 133 Å². The first kappa shape index (κ1) is 15.4. The number of aryl methyl sites for hydroxylation is 2. The molecular formula is C16H18BrClN2. The van der Waals surface area contributed by atoms with E-state index in [9.17, 15) is 0 Å². The van der Waals surface area contributed by atoms with Crippen LogP contribution >= 0.6 is 27.5 Å². The summed E-state index contributed by atoms with van der Waals surface area (Å²) in [6.45, 7) is 4.69. The fourth-order valence-electron chi connectivity index (χ4n) is 2.20. The van der Waals surface area contributed by atoms with Crippen molar-refractivity contribution in [1.29, 1.82) is 0 Å². The molecule has 0 bridgehead atoms. The summed E-state index contributed by atoms with van der Waals surface area (Å²) in [6, 6.07) is 12.1. The van der Waals surface area contributed by atoms with Gasteiger partial charge in [0.1, 0.15) is 0 Å². The van der Waals surface area contributed by atoms with Gasteiger partial charge in [-0.1, -0.05) is 39.7 Å². The Morgan fingerprint density at radius 1 is 1.15 bits per heavy atom. The SMILES string of the molecule is Cc1cc(NC(CN)c2ccc(Cl)cc2)cc(C)c1Br. The largest absolute Gasteiger partial charge is 0.377 e. The van der Waals surface area contributed by atoms with E-state index in [4.69, 9.17) is 17.3 Å². The van der Waals surface area contributed by atoms with Crippen LogP contribution in [0.5, 0.6) is 0 Å². The molecule has 2 aromatic rings. The van der Waals surface area contributed by atoms with Crippen LogP contribution in [0.15, 0.2) is 40.9 Å². The van der Waals surface area contributed by atoms with Crippen molar-refractivity contribution in [2.45, 2.75) is 19.9 Å². The van der Waals surface area contributed by atoms with E-state index in [1.165, 1.54) is 11.1 Å². The van der Waals surface area contributed by atoms with Crippen molar-refractivity contribution in [1.82, 2.24) is 0 Å². The molecule has 3 N–H and O–H groups in total. The maximum absolute atomic E-state index is 5.92. The third-order valence-corrected chi connectivity index (χ3v) is 4.79. The lowest BCUT2D eigenvalue weighted by Crippen LogP contribution is -2.20. The van der Waals surface area contributed by atoms with Crippen LogP contribution in [0.1, 0.15) is 22.7 Å². The zero-order valence-corrected chi connectivity index (χ0v) is 13.9. The van der Waals surface area contributed by atoms with Gasteiger partial charge in [-0.05, 0) is 54.8 Å². The molecule has 0 aliphatic rings. The predicted molar refractivity (Wildman–Crippen MR) is 90.5 cm³/mol. The van der Waals surface area contributed by atoms with Crippen molar-refractivity contribution in [3.05, 3.63) is 62.6 Å². The Hall–Kier alpha value is -1.03. The number of anilines is 1. The molecule has 0 saturated heterocycles. The van der Waals surface area contributed by atoms with E-state index in [2.05, 4.69) is 47.2 Å². The lowest BCUT2D eigenvalue weighted by Gasteiger charge is -2.20. The fourth-order valence-corrected chi connectivity index (χ4v) is 2.56. The molecule has 2 rings (SSSR count). The van der Waals surface area contributed by atoms with E-state index < -0.39 is 0 Å². The average molecular weight is 354 g/mol. The van der Waals surface area contributed by atoms with Gasteiger partial charge >= 0.3 is 0 Å². The van der Waals surface area contributed by atoms with E-state index in [0.29, 0.717) is 6.54 Å². The van der Waals surface area contributed by atoms with E-state index in [-0.39, 0.29) is 6.04 Å². The molecule has 1 atom stereocenters. The van der Waals surface area contributed by atoms with E-state index in [1.807, 2.05) is 24.3 Å². The van der Waals surface area contributed by atoms with Gasteiger partial charge in [0, 0.05) is 21.7 Å². The van der Waals surface area contributed by atoms with Gasteiger partial charge in [0.15, 0.2) is 0 Å². The number of nitrogens with two attached hydrogens (primary N) is 1. The molecule has 20 heavy (non-hydrogen) atoms. The number of nitrogens with one attached hydrogen (secondary N) is 1. The number of benzene rings is 2. The van der Waals surface area contributed by atoms with Gasteiger partial charge in [0.2, 0.25) is 0 Å². The second-order valence-electron chi connectivity index (χ2n) is 4.91. The van der Waals surface area contributed by atoms with Crippen LogP contribution < -0.4 is 11.1 Å². The topological polar surface area (TPSA) is 38.0 Å². The van der Waals surface area contributed by atoms with E-state index in [1.54, 1.807) is 0 Å². The summed E-state index contributed by atoms with van der Waals surface area (Å²) in [5.74, 6) is 0. The molecule has 2 nitrogen and oxygen atoms in total. The number of hydrogen-bond acceptors (Lipinski definition) is 2. The predicted octanol–water partition coefficient (Wildman–Crippen LogP) is 4.83. The van der Waals surface area contributed by atoms with Gasteiger partial charge < -0.3 is 11.1 Å². The molecule has 0 aliphatic heterocycles. The third kappa shape index (κ3) is 3.54. The Morgan fingerprint density at radius 3 is 2.20 bits per heavy atom. The molecule has 4 heteroatoms. The Bertz CT molecular complexity index is 573. The summed E-state index contributed by atoms with van der Waals surface area (Å²) in [7, 11) is 0. The average Bonchev–Trinajstić information content (AvgIpc) is 2.43. The van der Waals surface area contributed by atoms with Crippen LogP contribution in [-0.2, 0) is 0 Å². The van der Waals surface area contributed by atoms with Crippen molar-refractivity contribution in [2.75, 3.05) is 11.9 Å². The first-order chi connectivity index (χ1) is 9.51. The molecule has 1 unspecified atom stereocenters. The van der Waals surface area contributed by atoms with Crippen molar-refractivity contribution < 1.29 is 0 Å². The second kappa shape index (κ2) is 6.61. The fraction of sp³-hybridized carbons (Fsp3) is 0.250. The molecule has 106 valence electrons. The zero-order chi connectivity index (χ0) is 14.7. The maximum Gasteiger partial charge on any atom is 0.0636 e. The van der Waals surface area contributed by atoms with Crippen LogP contribution in [0.4, 0.5) is 5.69 Å². The quantitative estimate of drug-likeness (QED) is 0.826. The maximum atomic E-state index is 5.92. The highest BCUT2D eigenvalue weighted by Gasteiger charge is 2.10. The zero-order valence-electron chi connectivity index (χ0n) is 11.6. The second-order valence-corrected chi connectivity index (χ2v) is 6.14. The summed E-state index contributed by atoms with van der Waals surface area (Å²) < 4.78 is 1.15. The third-order valence-electron chi connectivity index (χ3n) is 3.29. The molecule has 0 saturated carbocycles. The molecule has 0 aliphatic carbocycles. The van der Waals surface area contributed by atoms with Crippen molar-refractivity contribution in [3.63, 3.8) is 0 Å². The number of halogens is 2. The first-order valence-corrected chi connectivity index (χ1v) is 7.67. The highest BCUT2D eigenvalue weighted by Crippen LogP contribution is 2.27. The molecule has 0 radical (unpaired) electrons. The van der Waals surface area contributed by atoms with Crippen LogP contribution in [0.2, 0.25) is 5.02 Å². The number of hydrogen-bond donors (Lipinski definition) is 2. The van der Waals surface area contributed by atoms with Crippen LogP contribution in [-0.4, -0.2) is 6.54 Å². The lowest BCUT2D eigenvalue weighted by atomic mass is 10.1. The number of rotatable bonds is 4. The molecular weight excluding hydrogens is 336 g/mol. The van der Waals surface area contributed by atoms with Crippen molar-refractivity contribution in [3.8, 4) is 0 Å². The normalized spacial score (nSPS) is 12.2. The van der Waals surface area contributed by atoms with Crippen molar-refractivity contribution >= 4 is 33.2 Å². The van der Waals surface area contributed by atoms with Gasteiger partial charge in [0.05, 0.1) is 6.04 Å². The summed E-state index contributed by atoms with van der Waals surface area (Å²) in [4.78, 5) is 0. The standard InChI is InChI=1S/C16H18BrClN2/c1-10-7-14(8-11(2)16(10)17)20-15(9-19)12-3-5-13(18)6-4-12/h3-8,15,20H,9,19H2,1-2H3. The lowest BCUT2D eigenvalue weighted by molar-refractivity contribution is 0.789. The molecule has 0 aromatic heterocycles. The molecule has 0 spiro atoms. The smallest absolute Gasteiger partial charge is 0.0636 e. The van der Waals surface area contributed by atoms with Gasteiger partial charge in [0.25, 0.3) is 0 Å². The molecule has 0 amide bonds. The highest BCUT2D eigenvalue weighted by atomic mass is 79.9. The van der Waals surface area contributed by atoms with Gasteiger partial charge in [-0.3, -0.25) is 0 Å². The minimum Gasteiger partial charge on any atom is -0.377 e. The van der Waals surface area contributed by atoms with Gasteiger partial charge in [-0.15, -0.1) is 0 Å². The summed E-state index contributed by atoms with van der Waals surface area (Å²) in [5, 5.41) is 4.22. The summed E-state index contributed by atoms with van der Waals surface area (Å²) in [6.07, 6.45) is 0. The van der Waals surface area contributed by atoms with E-state index in [0.717, 1.165) is 20.7 Å². The van der Waals surface area contributed by atoms with Gasteiger partial charge in [-0.25, -0.2) is 0 Å². The minimum absolute atomic E-state index is 0.0762. The Balaban J connectivity index is 2.24. The molecule has 2 aromatic carbocycles. The van der Waals surface area contributed by atoms with Gasteiger partial charge in [-0.2, -0.15) is 0 Å². The Morgan fingerprint density at radius 2 is 1.70 bits per heavy atom. The minimum atomic E-state index is 0.0762. The monoisotopic (exact) mass is 352 g/mol. The highest BCUT2D eigenvalue weighted by molar-refractivity contribution is 9.10. The van der Waals surface area contributed by atoms with Crippen molar-refractivity contribution in [2.24, 2.45) is 5.73 Å². The van der Waals surface area contributed by atoms with E-state index >= 15 is 0 Å². The summed E-state index contributed by atoms with van der Waals surface area (Å²) >= 11 is 9.50. The first-order valence-electron chi connectivity index (χ1n) is 6.50. The van der Waals surface area contributed by atoms with Crippen LogP contribution in [0.25, 0.3) is 0 Å². The van der Waals surface area contributed by atoms with Crippen LogP contribution in [0, 0.1) is 13.8 Å². The molecule has 0 fully saturated rings. The summed E-state index contributed by atoms with van der Waals surface area (Å²) in [5.41, 5.74) is 10.5. The molecule has 0 heterocycles. The Kier molecular flexibility index (Phi) is 5.08.